The van der Waals surface area contributed by atoms with Crippen LogP contribution in [0.1, 0.15) is 13.8 Å². The second-order valence-electron chi connectivity index (χ2n) is 3.76. The lowest BCUT2D eigenvalue weighted by molar-refractivity contribution is -0.137. The first kappa shape index (κ1) is 16.7. The largest absolute Gasteiger partial charge is 0.480 e. The lowest BCUT2D eigenvalue weighted by atomic mass is 10.4. The van der Waals surface area contributed by atoms with E-state index in [1.165, 1.54) is 19.5 Å². The highest BCUT2D eigenvalue weighted by molar-refractivity contribution is 5.91. The van der Waals surface area contributed by atoms with Gasteiger partial charge in [0, 0.05) is 12.7 Å². The fourth-order valence-corrected chi connectivity index (χ4v) is 1.00. The first-order chi connectivity index (χ1) is 8.92. The zero-order valence-electron chi connectivity index (χ0n) is 11.6. The zero-order valence-corrected chi connectivity index (χ0v) is 11.6. The van der Waals surface area contributed by atoms with Gasteiger partial charge in [0.25, 0.3) is 0 Å². The van der Waals surface area contributed by atoms with E-state index in [1.54, 1.807) is 11.9 Å². The van der Waals surface area contributed by atoms with E-state index in [4.69, 9.17) is 5.11 Å². The van der Waals surface area contributed by atoms with Crippen LogP contribution in [0.3, 0.4) is 0 Å². The number of carboxylic acids is 1. The third-order valence-electron chi connectivity index (χ3n) is 2.05. The number of nitrogens with zero attached hydrogens (tertiary/aromatic N) is 3. The molecule has 0 heterocycles. The monoisotopic (exact) mass is 267 g/mol. The van der Waals surface area contributed by atoms with Gasteiger partial charge in [-0.25, -0.2) is 4.79 Å². The molecule has 0 radical (unpaired) electrons. The molecule has 7 heteroatoms. The minimum Gasteiger partial charge on any atom is -0.480 e. The number of hydrogen-bond donors (Lipinski definition) is 3. The molecule has 106 valence electrons. The summed E-state index contributed by atoms with van der Waals surface area (Å²) in [6, 6.07) is -0.825. The van der Waals surface area contributed by atoms with Crippen LogP contribution in [0.5, 0.6) is 0 Å². The Morgan fingerprint density at radius 3 is 2.63 bits per heavy atom. The van der Waals surface area contributed by atoms with Crippen molar-refractivity contribution in [3.8, 4) is 0 Å². The molecule has 0 spiro atoms. The van der Waals surface area contributed by atoms with E-state index in [-0.39, 0.29) is 0 Å². The van der Waals surface area contributed by atoms with E-state index in [2.05, 4.69) is 33.8 Å². The number of aliphatic carboxylic acids is 1. The Balaban J connectivity index is 4.88. The second-order valence-corrected chi connectivity index (χ2v) is 3.76. The topological polar surface area (TPSA) is 89.3 Å². The molecule has 0 aliphatic heterocycles. The van der Waals surface area contributed by atoms with Crippen molar-refractivity contribution in [3.05, 3.63) is 25.1 Å². The van der Waals surface area contributed by atoms with Crippen LogP contribution < -0.4 is 10.6 Å². The minimum atomic E-state index is -0.990. The van der Waals surface area contributed by atoms with Gasteiger partial charge in [-0.15, -0.1) is 0 Å². The highest BCUT2D eigenvalue weighted by Gasteiger charge is 2.10. The van der Waals surface area contributed by atoms with Gasteiger partial charge in [-0.2, -0.15) is 0 Å². The van der Waals surface area contributed by atoms with Crippen LogP contribution in [0.15, 0.2) is 35.0 Å². The highest BCUT2D eigenvalue weighted by Crippen LogP contribution is 1.92. The molecule has 0 saturated carbocycles. The molecule has 0 bridgehead atoms. The van der Waals surface area contributed by atoms with Gasteiger partial charge < -0.3 is 15.7 Å². The van der Waals surface area contributed by atoms with Gasteiger partial charge in [0.05, 0.1) is 13.0 Å². The summed E-state index contributed by atoms with van der Waals surface area (Å²) in [5.41, 5.74) is 0.777. The van der Waals surface area contributed by atoms with Crippen LogP contribution >= 0.6 is 0 Å². The fourth-order valence-electron chi connectivity index (χ4n) is 1.00. The Kier molecular flexibility index (Phi) is 7.67. The Bertz CT molecular complexity index is 390. The summed E-state index contributed by atoms with van der Waals surface area (Å²) in [6.45, 7) is 11.0. The standard InChI is InChI=1S/C12H21N5O2/c1-6-14-12(13-5)17(7-15-9(2)3)8-16-10(4)11(18)19/h6,8,10,15H,1-2,7H2,3-5H3,(H,13,14)(H,18,19). The number of carboxylic acid groups (broad SMARTS) is 1. The maximum Gasteiger partial charge on any atom is 0.328 e. The molecule has 19 heavy (non-hydrogen) atoms. The van der Waals surface area contributed by atoms with Crippen LogP contribution in [-0.2, 0) is 4.79 Å². The molecular weight excluding hydrogens is 246 g/mol. The summed E-state index contributed by atoms with van der Waals surface area (Å²) in [6.07, 6.45) is 2.89. The molecule has 0 rings (SSSR count). The molecule has 1 unspecified atom stereocenters. The average molecular weight is 267 g/mol. The van der Waals surface area contributed by atoms with E-state index in [1.807, 2.05) is 6.92 Å². The summed E-state index contributed by atoms with van der Waals surface area (Å²) in [5.74, 6) is -0.499. The summed E-state index contributed by atoms with van der Waals surface area (Å²) in [5, 5.41) is 14.6. The van der Waals surface area contributed by atoms with Crippen molar-refractivity contribution in [3.63, 3.8) is 0 Å². The molecule has 0 aliphatic carbocycles. The Hall–Kier alpha value is -2.31. The molecule has 1 atom stereocenters. The van der Waals surface area contributed by atoms with Gasteiger partial charge in [-0.3, -0.25) is 14.9 Å². The number of allylic oxidation sites excluding steroid dienone is 1. The highest BCUT2D eigenvalue weighted by atomic mass is 16.4. The van der Waals surface area contributed by atoms with E-state index < -0.39 is 12.0 Å². The lowest BCUT2D eigenvalue weighted by Gasteiger charge is -2.22. The van der Waals surface area contributed by atoms with Gasteiger partial charge >= 0.3 is 5.97 Å². The predicted molar refractivity (Wildman–Crippen MR) is 76.9 cm³/mol. The van der Waals surface area contributed by atoms with Crippen LogP contribution in [0, 0.1) is 0 Å². The summed E-state index contributed by atoms with van der Waals surface area (Å²) >= 11 is 0. The van der Waals surface area contributed by atoms with Crippen LogP contribution in [0.25, 0.3) is 0 Å². The van der Waals surface area contributed by atoms with Crippen molar-refractivity contribution in [1.82, 2.24) is 15.5 Å². The van der Waals surface area contributed by atoms with E-state index in [0.29, 0.717) is 12.6 Å². The zero-order chi connectivity index (χ0) is 14.8. The molecular formula is C12H21N5O2. The smallest absolute Gasteiger partial charge is 0.328 e. The SMILES string of the molecule is C=CNC(=NC)N(C=NC(C)C(=O)O)CNC(=C)C. The predicted octanol–water partition coefficient (Wildman–Crippen LogP) is 0.589. The maximum absolute atomic E-state index is 10.7. The molecule has 0 saturated heterocycles. The van der Waals surface area contributed by atoms with Crippen molar-refractivity contribution in [2.75, 3.05) is 13.7 Å². The molecule has 0 aromatic heterocycles. The molecule has 3 N–H and O–H groups in total. The summed E-state index contributed by atoms with van der Waals surface area (Å²) in [7, 11) is 1.61. The van der Waals surface area contributed by atoms with Crippen molar-refractivity contribution in [1.29, 1.82) is 0 Å². The van der Waals surface area contributed by atoms with Gasteiger partial charge in [0.2, 0.25) is 5.96 Å². The van der Waals surface area contributed by atoms with E-state index in [9.17, 15) is 4.79 Å². The van der Waals surface area contributed by atoms with Crippen molar-refractivity contribution in [2.45, 2.75) is 19.9 Å². The second kappa shape index (κ2) is 8.73. The molecule has 0 fully saturated rings. The molecule has 0 aliphatic rings. The summed E-state index contributed by atoms with van der Waals surface area (Å²) in [4.78, 5) is 20.3. The van der Waals surface area contributed by atoms with Crippen molar-refractivity contribution >= 4 is 18.3 Å². The first-order valence-electron chi connectivity index (χ1n) is 5.68. The van der Waals surface area contributed by atoms with Gasteiger partial charge in [0.15, 0.2) is 0 Å². The van der Waals surface area contributed by atoms with Crippen molar-refractivity contribution in [2.24, 2.45) is 9.98 Å². The number of guanidine groups is 1. The van der Waals surface area contributed by atoms with Crippen LogP contribution in [0.2, 0.25) is 0 Å². The fraction of sp³-hybridized carbons (Fsp3) is 0.417. The quantitative estimate of drug-likeness (QED) is 0.357. The summed E-state index contributed by atoms with van der Waals surface area (Å²) < 4.78 is 0. The number of hydrogen-bond acceptors (Lipinski definition) is 4. The third-order valence-corrected chi connectivity index (χ3v) is 2.05. The Labute approximate surface area is 113 Å². The molecule has 0 aromatic rings. The normalized spacial score (nSPS) is 12.9. The van der Waals surface area contributed by atoms with Gasteiger partial charge in [-0.05, 0) is 20.0 Å². The van der Waals surface area contributed by atoms with E-state index in [0.717, 1.165) is 5.70 Å². The Morgan fingerprint density at radius 2 is 2.21 bits per heavy atom. The number of nitrogens with one attached hydrogen (secondary N) is 2. The van der Waals surface area contributed by atoms with Crippen LogP contribution in [-0.4, -0.2) is 48.0 Å². The number of carbonyl (C=O) groups is 1. The minimum absolute atomic E-state index is 0.360. The average Bonchev–Trinajstić information content (AvgIpc) is 2.35. The molecule has 0 aromatic carbocycles. The first-order valence-corrected chi connectivity index (χ1v) is 5.68. The third kappa shape index (κ3) is 6.87. The number of rotatable bonds is 7. The Morgan fingerprint density at radius 1 is 1.58 bits per heavy atom. The number of aliphatic imine (C=N–C) groups is 2. The van der Waals surface area contributed by atoms with Gasteiger partial charge in [0.1, 0.15) is 6.04 Å². The lowest BCUT2D eigenvalue weighted by Crippen LogP contribution is -2.43. The van der Waals surface area contributed by atoms with E-state index >= 15 is 0 Å². The van der Waals surface area contributed by atoms with Gasteiger partial charge in [-0.1, -0.05) is 13.2 Å². The molecule has 7 nitrogen and oxygen atoms in total. The molecule has 0 amide bonds. The maximum atomic E-state index is 10.7. The van der Waals surface area contributed by atoms with Crippen LogP contribution in [0.4, 0.5) is 0 Å². The van der Waals surface area contributed by atoms with Crippen molar-refractivity contribution < 1.29 is 9.90 Å².